The summed E-state index contributed by atoms with van der Waals surface area (Å²) in [6.45, 7) is 21.7. The lowest BCUT2D eigenvalue weighted by atomic mass is 9.77. The highest BCUT2D eigenvalue weighted by Crippen LogP contribution is 2.46. The van der Waals surface area contributed by atoms with Crippen molar-refractivity contribution in [3.63, 3.8) is 0 Å². The van der Waals surface area contributed by atoms with Crippen molar-refractivity contribution in [1.82, 2.24) is 4.90 Å². The molecule has 0 aliphatic carbocycles. The third kappa shape index (κ3) is 2.67. The van der Waals surface area contributed by atoms with Gasteiger partial charge in [-0.1, -0.05) is 27.4 Å². The Bertz CT molecular complexity index is 493. The predicted molar refractivity (Wildman–Crippen MR) is 91.0 cm³/mol. The predicted octanol–water partition coefficient (Wildman–Crippen LogP) is 3.55. The highest BCUT2D eigenvalue weighted by molar-refractivity contribution is 6.74. The van der Waals surface area contributed by atoms with E-state index in [2.05, 4.69) is 40.4 Å². The first-order valence-electron chi connectivity index (χ1n) is 8.12. The number of fused-ring (bicyclic) bond motifs is 1. The molecule has 0 spiro atoms. The molecule has 2 aliphatic heterocycles. The summed E-state index contributed by atoms with van der Waals surface area (Å²) in [5.74, 6) is 0.00635. The summed E-state index contributed by atoms with van der Waals surface area (Å²) in [4.78, 5) is 14.5. The first-order valence-corrected chi connectivity index (χ1v) is 11.0. The van der Waals surface area contributed by atoms with Gasteiger partial charge in [-0.05, 0) is 44.5 Å². The van der Waals surface area contributed by atoms with Gasteiger partial charge in [0.1, 0.15) is 5.72 Å². The molecule has 2 aliphatic rings. The molecule has 0 N–H and O–H groups in total. The van der Waals surface area contributed by atoms with Crippen molar-refractivity contribution in [1.29, 1.82) is 0 Å². The molecule has 2 rings (SSSR count). The molecule has 2 heterocycles. The van der Waals surface area contributed by atoms with Gasteiger partial charge >= 0.3 is 0 Å². The second-order valence-corrected chi connectivity index (χ2v) is 13.4. The summed E-state index contributed by atoms with van der Waals surface area (Å²) in [7, 11) is -1.89. The van der Waals surface area contributed by atoms with Gasteiger partial charge in [0.2, 0.25) is 5.91 Å². The van der Waals surface area contributed by atoms with E-state index in [1.165, 1.54) is 0 Å². The quantitative estimate of drug-likeness (QED) is 0.452. The molecule has 2 fully saturated rings. The van der Waals surface area contributed by atoms with E-state index in [0.717, 1.165) is 5.57 Å². The molecule has 0 saturated carbocycles. The summed E-state index contributed by atoms with van der Waals surface area (Å²) in [6, 6.07) is 0.0519. The van der Waals surface area contributed by atoms with E-state index in [1.54, 1.807) is 0 Å². The summed E-state index contributed by atoms with van der Waals surface area (Å²) in [6.07, 6.45) is -0.0831. The van der Waals surface area contributed by atoms with E-state index in [0.29, 0.717) is 6.61 Å². The van der Waals surface area contributed by atoms with Crippen LogP contribution in [0.4, 0.5) is 0 Å². The van der Waals surface area contributed by atoms with Gasteiger partial charge in [0.05, 0.1) is 24.7 Å². The topological polar surface area (TPSA) is 38.8 Å². The van der Waals surface area contributed by atoms with Crippen LogP contribution in [-0.2, 0) is 14.0 Å². The molecule has 1 amide bonds. The number of hydrogen-bond acceptors (Lipinski definition) is 3. The average molecular weight is 326 g/mol. The lowest BCUT2D eigenvalue weighted by molar-refractivity contribution is -0.224. The van der Waals surface area contributed by atoms with Gasteiger partial charge in [-0.3, -0.25) is 4.79 Å². The van der Waals surface area contributed by atoms with Crippen molar-refractivity contribution in [2.45, 2.75) is 77.5 Å². The van der Waals surface area contributed by atoms with E-state index in [-0.39, 0.29) is 29.0 Å². The molecule has 22 heavy (non-hydrogen) atoms. The Labute approximate surface area is 136 Å². The molecule has 0 bridgehead atoms. The first-order chi connectivity index (χ1) is 9.79. The van der Waals surface area contributed by atoms with Crippen LogP contribution in [0.1, 0.15) is 41.5 Å². The van der Waals surface area contributed by atoms with Gasteiger partial charge in [0.25, 0.3) is 0 Å². The second kappa shape index (κ2) is 5.18. The van der Waals surface area contributed by atoms with Crippen molar-refractivity contribution in [3.8, 4) is 0 Å². The minimum Gasteiger partial charge on any atom is -0.413 e. The SMILES string of the molecule is C=C1COC(C)(C)N2C(=O)[C@H]([C@@H](C)O[Si](C)(C)C(C)(C)C)[C@@H]12. The van der Waals surface area contributed by atoms with Crippen molar-refractivity contribution in [2.24, 2.45) is 5.92 Å². The number of nitrogens with zero attached hydrogens (tertiary/aromatic N) is 1. The van der Waals surface area contributed by atoms with Crippen molar-refractivity contribution in [3.05, 3.63) is 12.2 Å². The zero-order valence-corrected chi connectivity index (χ0v) is 16.3. The van der Waals surface area contributed by atoms with Crippen LogP contribution in [0, 0.1) is 5.92 Å². The van der Waals surface area contributed by atoms with E-state index in [1.807, 2.05) is 25.7 Å². The number of β-lactam (4-membered cyclic amide) rings is 1. The minimum absolute atomic E-state index is 0.0519. The van der Waals surface area contributed by atoms with Crippen molar-refractivity contribution in [2.75, 3.05) is 6.61 Å². The zero-order valence-electron chi connectivity index (χ0n) is 15.3. The molecule has 3 atom stereocenters. The maximum Gasteiger partial charge on any atom is 0.233 e. The van der Waals surface area contributed by atoms with Gasteiger partial charge in [0, 0.05) is 0 Å². The molecule has 0 unspecified atom stereocenters. The normalized spacial score (nSPS) is 29.9. The van der Waals surface area contributed by atoms with Crippen LogP contribution in [0.2, 0.25) is 18.1 Å². The molecular formula is C17H31NO3Si. The van der Waals surface area contributed by atoms with E-state index in [9.17, 15) is 4.79 Å². The molecule has 5 heteroatoms. The van der Waals surface area contributed by atoms with Gasteiger partial charge in [-0.15, -0.1) is 0 Å². The number of hydrogen-bond donors (Lipinski definition) is 0. The maximum absolute atomic E-state index is 12.7. The lowest BCUT2D eigenvalue weighted by Crippen LogP contribution is -2.74. The van der Waals surface area contributed by atoms with E-state index < -0.39 is 14.0 Å². The smallest absolute Gasteiger partial charge is 0.233 e. The van der Waals surface area contributed by atoms with E-state index in [4.69, 9.17) is 9.16 Å². The fourth-order valence-corrected chi connectivity index (χ4v) is 4.57. The standard InChI is InChI=1S/C17H31NO3Si/c1-11-10-20-17(6,7)18-14(11)13(15(18)19)12(2)21-22(8,9)16(3,4)5/h12-14H,1,10H2,2-9H3/t12-,13-,14-/m1/s1. The molecule has 2 saturated heterocycles. The molecule has 0 aromatic rings. The number of carbonyl (C=O) groups excluding carboxylic acids is 1. The number of carbonyl (C=O) groups is 1. The van der Waals surface area contributed by atoms with Crippen LogP contribution in [-0.4, -0.2) is 43.6 Å². The van der Waals surface area contributed by atoms with Crippen molar-refractivity contribution >= 4 is 14.2 Å². The molecule has 0 radical (unpaired) electrons. The monoisotopic (exact) mass is 325 g/mol. The third-order valence-electron chi connectivity index (χ3n) is 5.54. The molecule has 4 nitrogen and oxygen atoms in total. The van der Waals surface area contributed by atoms with Gasteiger partial charge < -0.3 is 14.1 Å². The Kier molecular flexibility index (Phi) is 4.17. The molecule has 126 valence electrons. The summed E-state index contributed by atoms with van der Waals surface area (Å²) in [5.41, 5.74) is 0.436. The number of ether oxygens (including phenoxy) is 1. The fourth-order valence-electron chi connectivity index (χ4n) is 3.14. The van der Waals surface area contributed by atoms with Gasteiger partial charge in [-0.25, -0.2) is 0 Å². The molecule has 0 aromatic heterocycles. The van der Waals surface area contributed by atoms with E-state index >= 15 is 0 Å². The Morgan fingerprint density at radius 1 is 1.41 bits per heavy atom. The number of amides is 1. The van der Waals surface area contributed by atoms with Crippen LogP contribution in [0.3, 0.4) is 0 Å². The first kappa shape index (κ1) is 17.7. The Morgan fingerprint density at radius 2 is 1.95 bits per heavy atom. The highest BCUT2D eigenvalue weighted by atomic mass is 28.4. The Hall–Kier alpha value is -0.653. The summed E-state index contributed by atoms with van der Waals surface area (Å²) >= 11 is 0. The average Bonchev–Trinajstić information content (AvgIpc) is 2.29. The third-order valence-corrected chi connectivity index (χ3v) is 10.1. The highest BCUT2D eigenvalue weighted by Gasteiger charge is 2.59. The fraction of sp³-hybridized carbons (Fsp3) is 0.824. The maximum atomic E-state index is 12.7. The summed E-state index contributed by atoms with van der Waals surface area (Å²) < 4.78 is 12.2. The minimum atomic E-state index is -1.89. The number of rotatable bonds is 3. The van der Waals surface area contributed by atoms with Crippen LogP contribution in [0.15, 0.2) is 12.2 Å². The van der Waals surface area contributed by atoms with Crippen molar-refractivity contribution < 1.29 is 14.0 Å². The van der Waals surface area contributed by atoms with Gasteiger partial charge in [-0.2, -0.15) is 0 Å². The Balaban J connectivity index is 2.17. The van der Waals surface area contributed by atoms with Crippen LogP contribution in [0.25, 0.3) is 0 Å². The largest absolute Gasteiger partial charge is 0.413 e. The second-order valence-electron chi connectivity index (χ2n) is 8.66. The summed E-state index contributed by atoms with van der Waals surface area (Å²) in [5, 5.41) is 0.139. The molecular weight excluding hydrogens is 294 g/mol. The van der Waals surface area contributed by atoms with Crippen LogP contribution < -0.4 is 0 Å². The van der Waals surface area contributed by atoms with Gasteiger partial charge in [0.15, 0.2) is 8.32 Å². The molecule has 0 aromatic carbocycles. The lowest BCUT2D eigenvalue weighted by Gasteiger charge is -2.60. The zero-order chi connectivity index (χ0) is 17.1. The van der Waals surface area contributed by atoms with Crippen LogP contribution >= 0.6 is 0 Å². The van der Waals surface area contributed by atoms with Crippen LogP contribution in [0.5, 0.6) is 0 Å². The Morgan fingerprint density at radius 3 is 2.45 bits per heavy atom.